The van der Waals surface area contributed by atoms with Crippen LogP contribution in [0.2, 0.25) is 0 Å². The first-order valence-electron chi connectivity index (χ1n) is 6.11. The van der Waals surface area contributed by atoms with Crippen molar-refractivity contribution in [2.45, 2.75) is 11.3 Å². The van der Waals surface area contributed by atoms with Crippen molar-refractivity contribution >= 4 is 17.4 Å². The van der Waals surface area contributed by atoms with Gasteiger partial charge in [0.05, 0.1) is 6.61 Å². The Bertz CT molecular complexity index is 519. The normalized spacial score (nSPS) is 10.4. The van der Waals surface area contributed by atoms with E-state index >= 15 is 0 Å². The Morgan fingerprint density at radius 2 is 1.89 bits per heavy atom. The summed E-state index contributed by atoms with van der Waals surface area (Å²) in [4.78, 5) is 0.633. The van der Waals surface area contributed by atoms with E-state index in [0.29, 0.717) is 17.2 Å². The molecule has 2 aromatic rings. The highest BCUT2D eigenvalue weighted by molar-refractivity contribution is 7.99. The van der Waals surface area contributed by atoms with E-state index < -0.39 is 0 Å². The molecule has 0 saturated carbocycles. The van der Waals surface area contributed by atoms with Gasteiger partial charge in [-0.1, -0.05) is 18.2 Å². The second-order valence-corrected chi connectivity index (χ2v) is 5.19. The molecule has 0 aliphatic rings. The third-order valence-corrected chi connectivity index (χ3v) is 3.65. The standard InChI is InChI=1S/C15H16FNOS/c16-14-11-12(17)7-8-15(14)19-10-4-9-18-13-5-2-1-3-6-13/h1-3,5-8,11H,4,9-10,17H2. The molecule has 0 aromatic heterocycles. The van der Waals surface area contributed by atoms with Gasteiger partial charge < -0.3 is 10.5 Å². The lowest BCUT2D eigenvalue weighted by atomic mass is 10.3. The number of nitrogen functional groups attached to an aromatic ring is 1. The number of hydrogen-bond acceptors (Lipinski definition) is 3. The molecule has 2 N–H and O–H groups in total. The molecule has 0 heterocycles. The molecule has 0 aliphatic carbocycles. The van der Waals surface area contributed by atoms with E-state index in [1.54, 1.807) is 12.1 Å². The molecular formula is C15H16FNOS. The fourth-order valence-corrected chi connectivity index (χ4v) is 2.43. The summed E-state index contributed by atoms with van der Waals surface area (Å²) in [5.41, 5.74) is 5.95. The number of rotatable bonds is 6. The van der Waals surface area contributed by atoms with Gasteiger partial charge in [-0.15, -0.1) is 11.8 Å². The van der Waals surface area contributed by atoms with Crippen LogP contribution in [0.3, 0.4) is 0 Å². The average Bonchev–Trinajstić information content (AvgIpc) is 2.42. The second-order valence-electron chi connectivity index (χ2n) is 4.05. The zero-order valence-electron chi connectivity index (χ0n) is 10.5. The molecule has 0 atom stereocenters. The first kappa shape index (κ1) is 13.7. The fraction of sp³-hybridized carbons (Fsp3) is 0.200. The van der Waals surface area contributed by atoms with Crippen LogP contribution in [0, 0.1) is 5.82 Å². The third-order valence-electron chi connectivity index (χ3n) is 2.51. The Kier molecular flexibility index (Phi) is 5.10. The zero-order chi connectivity index (χ0) is 13.5. The third kappa shape index (κ3) is 4.48. The number of ether oxygens (including phenoxy) is 1. The maximum atomic E-state index is 13.5. The number of anilines is 1. The summed E-state index contributed by atoms with van der Waals surface area (Å²) < 4.78 is 19.1. The summed E-state index contributed by atoms with van der Waals surface area (Å²) in [5.74, 6) is 1.42. The van der Waals surface area contributed by atoms with Crippen LogP contribution in [-0.4, -0.2) is 12.4 Å². The monoisotopic (exact) mass is 277 g/mol. The van der Waals surface area contributed by atoms with Gasteiger partial charge in [0.1, 0.15) is 11.6 Å². The first-order chi connectivity index (χ1) is 9.25. The highest BCUT2D eigenvalue weighted by Gasteiger charge is 2.02. The minimum atomic E-state index is -0.256. The van der Waals surface area contributed by atoms with Crippen molar-refractivity contribution in [2.75, 3.05) is 18.1 Å². The molecule has 2 nitrogen and oxygen atoms in total. The van der Waals surface area contributed by atoms with Crippen LogP contribution in [0.5, 0.6) is 5.75 Å². The van der Waals surface area contributed by atoms with Crippen molar-refractivity contribution in [1.29, 1.82) is 0 Å². The molecule has 2 rings (SSSR count). The molecule has 0 radical (unpaired) electrons. The SMILES string of the molecule is Nc1ccc(SCCCOc2ccccc2)c(F)c1. The van der Waals surface area contributed by atoms with E-state index in [1.807, 2.05) is 30.3 Å². The molecule has 0 aliphatic heterocycles. The number of nitrogens with two attached hydrogens (primary N) is 1. The molecule has 0 amide bonds. The summed E-state index contributed by atoms with van der Waals surface area (Å²) in [6.07, 6.45) is 0.864. The van der Waals surface area contributed by atoms with E-state index in [2.05, 4.69) is 0 Å². The van der Waals surface area contributed by atoms with Crippen molar-refractivity contribution < 1.29 is 9.13 Å². The van der Waals surface area contributed by atoms with E-state index in [1.165, 1.54) is 17.8 Å². The Morgan fingerprint density at radius 3 is 2.63 bits per heavy atom. The molecule has 0 saturated heterocycles. The van der Waals surface area contributed by atoms with Crippen LogP contribution >= 0.6 is 11.8 Å². The number of para-hydroxylation sites is 1. The summed E-state index contributed by atoms with van der Waals surface area (Å²) >= 11 is 1.48. The van der Waals surface area contributed by atoms with Crippen LogP contribution < -0.4 is 10.5 Å². The number of thioether (sulfide) groups is 1. The van der Waals surface area contributed by atoms with Crippen molar-refractivity contribution in [3.63, 3.8) is 0 Å². The number of benzene rings is 2. The largest absolute Gasteiger partial charge is 0.494 e. The van der Waals surface area contributed by atoms with E-state index in [9.17, 15) is 4.39 Å². The maximum absolute atomic E-state index is 13.5. The average molecular weight is 277 g/mol. The van der Waals surface area contributed by atoms with Crippen molar-refractivity contribution in [1.82, 2.24) is 0 Å². The Labute approximate surface area is 116 Å². The minimum Gasteiger partial charge on any atom is -0.494 e. The number of halogens is 1. The number of hydrogen-bond donors (Lipinski definition) is 1. The molecule has 19 heavy (non-hydrogen) atoms. The summed E-state index contributed by atoms with van der Waals surface area (Å²) in [6, 6.07) is 14.5. The van der Waals surface area contributed by atoms with Crippen LogP contribution in [-0.2, 0) is 0 Å². The van der Waals surface area contributed by atoms with Crippen molar-refractivity contribution in [3.8, 4) is 5.75 Å². The molecule has 100 valence electrons. The lowest BCUT2D eigenvalue weighted by Crippen LogP contribution is -1.98. The summed E-state index contributed by atoms with van der Waals surface area (Å²) in [7, 11) is 0. The second kappa shape index (κ2) is 7.04. The summed E-state index contributed by atoms with van der Waals surface area (Å²) in [6.45, 7) is 0.633. The van der Waals surface area contributed by atoms with Crippen molar-refractivity contribution in [3.05, 3.63) is 54.3 Å². The maximum Gasteiger partial charge on any atom is 0.138 e. The van der Waals surface area contributed by atoms with Gasteiger partial charge in [0, 0.05) is 16.3 Å². The van der Waals surface area contributed by atoms with Gasteiger partial charge in [-0.25, -0.2) is 4.39 Å². The van der Waals surface area contributed by atoms with Gasteiger partial charge >= 0.3 is 0 Å². The Morgan fingerprint density at radius 1 is 1.11 bits per heavy atom. The van der Waals surface area contributed by atoms with Gasteiger partial charge in [0.15, 0.2) is 0 Å². The molecular weight excluding hydrogens is 261 g/mol. The predicted octanol–water partition coefficient (Wildman–Crippen LogP) is 3.97. The van der Waals surface area contributed by atoms with Crippen LogP contribution in [0.15, 0.2) is 53.4 Å². The Hall–Kier alpha value is -1.68. The van der Waals surface area contributed by atoms with Gasteiger partial charge in [-0.3, -0.25) is 0 Å². The topological polar surface area (TPSA) is 35.2 Å². The van der Waals surface area contributed by atoms with Gasteiger partial charge in [-0.05, 0) is 36.8 Å². The van der Waals surface area contributed by atoms with E-state index in [4.69, 9.17) is 10.5 Å². The molecule has 0 unspecified atom stereocenters. The lowest BCUT2D eigenvalue weighted by Gasteiger charge is -2.06. The first-order valence-corrected chi connectivity index (χ1v) is 7.10. The zero-order valence-corrected chi connectivity index (χ0v) is 11.3. The van der Waals surface area contributed by atoms with Gasteiger partial charge in [0.2, 0.25) is 0 Å². The molecule has 0 fully saturated rings. The molecule has 2 aromatic carbocycles. The van der Waals surface area contributed by atoms with Crippen LogP contribution in [0.4, 0.5) is 10.1 Å². The fourth-order valence-electron chi connectivity index (χ4n) is 1.58. The van der Waals surface area contributed by atoms with E-state index in [-0.39, 0.29) is 5.82 Å². The van der Waals surface area contributed by atoms with Gasteiger partial charge in [0.25, 0.3) is 0 Å². The minimum absolute atomic E-state index is 0.256. The smallest absolute Gasteiger partial charge is 0.138 e. The van der Waals surface area contributed by atoms with Gasteiger partial charge in [-0.2, -0.15) is 0 Å². The molecule has 4 heteroatoms. The highest BCUT2D eigenvalue weighted by atomic mass is 32.2. The van der Waals surface area contributed by atoms with Crippen LogP contribution in [0.25, 0.3) is 0 Å². The quantitative estimate of drug-likeness (QED) is 0.493. The summed E-state index contributed by atoms with van der Waals surface area (Å²) in [5, 5.41) is 0. The van der Waals surface area contributed by atoms with E-state index in [0.717, 1.165) is 17.9 Å². The van der Waals surface area contributed by atoms with Crippen molar-refractivity contribution in [2.24, 2.45) is 0 Å². The predicted molar refractivity (Wildman–Crippen MR) is 78.1 cm³/mol. The lowest BCUT2D eigenvalue weighted by molar-refractivity contribution is 0.318. The molecule has 0 bridgehead atoms. The Balaban J connectivity index is 1.69. The van der Waals surface area contributed by atoms with Crippen LogP contribution in [0.1, 0.15) is 6.42 Å². The highest BCUT2D eigenvalue weighted by Crippen LogP contribution is 2.24. The molecule has 0 spiro atoms.